The number of ether oxygens (including phenoxy) is 1. The molecule has 5 aliphatic rings. The van der Waals surface area contributed by atoms with Gasteiger partial charge in [-0.25, -0.2) is 9.59 Å². The van der Waals surface area contributed by atoms with Crippen LogP contribution in [0.2, 0.25) is 0 Å². The first-order valence-corrected chi connectivity index (χ1v) is 11.9. The number of imide groups is 1. The summed E-state index contributed by atoms with van der Waals surface area (Å²) >= 11 is 0. The lowest BCUT2D eigenvalue weighted by atomic mass is 9.49. The SMILES string of the molecule is CC[C@@H](C)NC(=O)NC(=O)COC(=O)[C@H]1CCCN1C(=O)C12CC3CC(CC(C3)C1)C2. The molecule has 2 N–H and O–H groups in total. The lowest BCUT2D eigenvalue weighted by Crippen LogP contribution is -2.56. The van der Waals surface area contributed by atoms with Crippen LogP contribution in [0.1, 0.15) is 71.6 Å². The van der Waals surface area contributed by atoms with E-state index in [9.17, 15) is 19.2 Å². The Hall–Kier alpha value is -2.12. The maximum absolute atomic E-state index is 13.6. The molecular formula is C23H35N3O5. The normalized spacial score (nSPS) is 34.3. The number of nitrogens with one attached hydrogen (secondary N) is 2. The van der Waals surface area contributed by atoms with E-state index in [-0.39, 0.29) is 17.4 Å². The molecule has 4 amide bonds. The van der Waals surface area contributed by atoms with Crippen LogP contribution in [0.25, 0.3) is 0 Å². The van der Waals surface area contributed by atoms with E-state index in [1.165, 1.54) is 19.3 Å². The maximum atomic E-state index is 13.6. The summed E-state index contributed by atoms with van der Waals surface area (Å²) in [5.41, 5.74) is -0.289. The molecule has 1 aliphatic heterocycles. The van der Waals surface area contributed by atoms with Crippen LogP contribution in [0.5, 0.6) is 0 Å². The number of esters is 1. The van der Waals surface area contributed by atoms with E-state index in [1.807, 2.05) is 13.8 Å². The second-order valence-corrected chi connectivity index (χ2v) is 10.3. The standard InChI is InChI=1S/C23H35N3O5/c1-3-14(2)24-22(30)25-19(27)13-31-20(28)18-5-4-6-26(18)21(29)23-10-15-7-16(11-23)9-17(8-15)12-23/h14-18H,3-13H2,1-2H3,(H2,24,25,27,30)/t14-,15?,16?,17?,18-,23?/m1/s1. The van der Waals surface area contributed by atoms with Gasteiger partial charge in [0.05, 0.1) is 5.41 Å². The number of carbonyl (C=O) groups excluding carboxylic acids is 4. The second-order valence-electron chi connectivity index (χ2n) is 10.3. The minimum Gasteiger partial charge on any atom is -0.454 e. The van der Waals surface area contributed by atoms with Crippen molar-refractivity contribution in [1.82, 2.24) is 15.5 Å². The predicted molar refractivity (Wildman–Crippen MR) is 113 cm³/mol. The summed E-state index contributed by atoms with van der Waals surface area (Å²) < 4.78 is 5.19. The molecule has 172 valence electrons. The average molecular weight is 434 g/mol. The minimum atomic E-state index is -0.675. The fourth-order valence-corrected chi connectivity index (χ4v) is 6.69. The number of rotatable bonds is 6. The number of likely N-dealkylation sites (tertiary alicyclic amines) is 1. The molecule has 5 rings (SSSR count). The summed E-state index contributed by atoms with van der Waals surface area (Å²) in [5.74, 6) is 0.887. The van der Waals surface area contributed by atoms with Gasteiger partial charge in [-0.1, -0.05) is 6.92 Å². The molecule has 8 nitrogen and oxygen atoms in total. The molecule has 4 saturated carbocycles. The minimum absolute atomic E-state index is 0.0574. The zero-order valence-corrected chi connectivity index (χ0v) is 18.7. The van der Waals surface area contributed by atoms with Crippen molar-refractivity contribution in [3.63, 3.8) is 0 Å². The monoisotopic (exact) mass is 433 g/mol. The third-order valence-electron chi connectivity index (χ3n) is 7.87. The third-order valence-corrected chi connectivity index (χ3v) is 7.87. The van der Waals surface area contributed by atoms with Crippen LogP contribution in [-0.4, -0.2) is 54.0 Å². The summed E-state index contributed by atoms with van der Waals surface area (Å²) in [4.78, 5) is 51.7. The predicted octanol–water partition coefficient (Wildman–Crippen LogP) is 2.36. The summed E-state index contributed by atoms with van der Waals surface area (Å²) in [6.45, 7) is 3.80. The van der Waals surface area contributed by atoms with Crippen molar-refractivity contribution in [3.8, 4) is 0 Å². The molecule has 0 aromatic heterocycles. The molecule has 5 fully saturated rings. The first-order valence-electron chi connectivity index (χ1n) is 11.9. The van der Waals surface area contributed by atoms with E-state index in [4.69, 9.17) is 4.74 Å². The highest BCUT2D eigenvalue weighted by molar-refractivity contribution is 5.96. The molecule has 0 spiro atoms. The largest absolute Gasteiger partial charge is 0.454 e. The van der Waals surface area contributed by atoms with E-state index < -0.39 is 30.6 Å². The van der Waals surface area contributed by atoms with E-state index in [1.54, 1.807) is 4.90 Å². The van der Waals surface area contributed by atoms with Crippen molar-refractivity contribution in [2.45, 2.75) is 83.7 Å². The molecule has 0 radical (unpaired) electrons. The quantitative estimate of drug-likeness (QED) is 0.626. The number of amides is 4. The van der Waals surface area contributed by atoms with Gasteiger partial charge in [0.1, 0.15) is 6.04 Å². The zero-order valence-electron chi connectivity index (χ0n) is 18.7. The molecule has 1 heterocycles. The maximum Gasteiger partial charge on any atom is 0.329 e. The smallest absolute Gasteiger partial charge is 0.329 e. The molecule has 8 heteroatoms. The lowest BCUT2D eigenvalue weighted by molar-refractivity contribution is -0.166. The Labute approximate surface area is 183 Å². The van der Waals surface area contributed by atoms with Crippen molar-refractivity contribution in [1.29, 1.82) is 0 Å². The number of nitrogens with zero attached hydrogens (tertiary/aromatic N) is 1. The second kappa shape index (κ2) is 8.79. The van der Waals surface area contributed by atoms with Gasteiger partial charge in [-0.05, 0) is 82.5 Å². The summed E-state index contributed by atoms with van der Waals surface area (Å²) in [7, 11) is 0. The van der Waals surface area contributed by atoms with Crippen LogP contribution in [0.15, 0.2) is 0 Å². The summed E-state index contributed by atoms with van der Waals surface area (Å²) in [6, 6.07) is -1.28. The highest BCUT2D eigenvalue weighted by atomic mass is 16.5. The first-order chi connectivity index (χ1) is 14.8. The number of carbonyl (C=O) groups is 4. The van der Waals surface area contributed by atoms with Crippen LogP contribution in [0.4, 0.5) is 4.79 Å². The van der Waals surface area contributed by atoms with E-state index >= 15 is 0 Å². The Kier molecular flexibility index (Phi) is 6.26. The Morgan fingerprint density at radius 2 is 1.68 bits per heavy atom. The molecule has 0 aromatic rings. The number of hydrogen-bond acceptors (Lipinski definition) is 5. The van der Waals surface area contributed by atoms with Gasteiger partial charge in [0.2, 0.25) is 5.91 Å². The molecule has 4 bridgehead atoms. The van der Waals surface area contributed by atoms with Crippen molar-refractivity contribution < 1.29 is 23.9 Å². The van der Waals surface area contributed by atoms with Crippen LogP contribution in [0, 0.1) is 23.2 Å². The van der Waals surface area contributed by atoms with Crippen molar-refractivity contribution in [3.05, 3.63) is 0 Å². The Morgan fingerprint density at radius 1 is 1.06 bits per heavy atom. The molecule has 0 unspecified atom stereocenters. The van der Waals surface area contributed by atoms with Crippen LogP contribution in [-0.2, 0) is 19.1 Å². The highest BCUT2D eigenvalue weighted by Gasteiger charge is 2.57. The summed E-state index contributed by atoms with van der Waals surface area (Å²) in [6.07, 6.45) is 8.74. The van der Waals surface area contributed by atoms with Gasteiger partial charge in [-0.2, -0.15) is 0 Å². The zero-order chi connectivity index (χ0) is 22.2. The fraction of sp³-hybridized carbons (Fsp3) is 0.826. The Bertz CT molecular complexity index is 716. The number of urea groups is 1. The van der Waals surface area contributed by atoms with Crippen LogP contribution >= 0.6 is 0 Å². The van der Waals surface area contributed by atoms with E-state index in [0.717, 1.165) is 32.1 Å². The molecule has 1 saturated heterocycles. The summed E-state index contributed by atoms with van der Waals surface area (Å²) in [5, 5.41) is 4.79. The van der Waals surface area contributed by atoms with Gasteiger partial charge in [0, 0.05) is 12.6 Å². The van der Waals surface area contributed by atoms with Crippen LogP contribution in [0.3, 0.4) is 0 Å². The Balaban J connectivity index is 1.31. The van der Waals surface area contributed by atoms with E-state index in [2.05, 4.69) is 10.6 Å². The van der Waals surface area contributed by atoms with Crippen LogP contribution < -0.4 is 10.6 Å². The number of hydrogen-bond donors (Lipinski definition) is 2. The topological polar surface area (TPSA) is 105 Å². The average Bonchev–Trinajstić information content (AvgIpc) is 3.20. The van der Waals surface area contributed by atoms with Crippen molar-refractivity contribution in [2.24, 2.45) is 23.2 Å². The van der Waals surface area contributed by atoms with Gasteiger partial charge in [-0.15, -0.1) is 0 Å². The van der Waals surface area contributed by atoms with Gasteiger partial charge >= 0.3 is 12.0 Å². The van der Waals surface area contributed by atoms with Gasteiger partial charge in [0.25, 0.3) is 5.91 Å². The van der Waals surface area contributed by atoms with Crippen molar-refractivity contribution in [2.75, 3.05) is 13.2 Å². The molecule has 0 aromatic carbocycles. The van der Waals surface area contributed by atoms with Gasteiger partial charge in [0.15, 0.2) is 6.61 Å². The fourth-order valence-electron chi connectivity index (χ4n) is 6.69. The van der Waals surface area contributed by atoms with E-state index in [0.29, 0.717) is 30.7 Å². The van der Waals surface area contributed by atoms with Gasteiger partial charge in [-0.3, -0.25) is 14.9 Å². The Morgan fingerprint density at radius 3 is 2.26 bits per heavy atom. The first kappa shape index (κ1) is 22.1. The molecular weight excluding hydrogens is 398 g/mol. The molecule has 4 aliphatic carbocycles. The lowest BCUT2D eigenvalue weighted by Gasteiger charge is -2.56. The third kappa shape index (κ3) is 4.58. The molecule has 31 heavy (non-hydrogen) atoms. The van der Waals surface area contributed by atoms with Gasteiger partial charge < -0.3 is 15.0 Å². The molecule has 2 atom stereocenters. The van der Waals surface area contributed by atoms with Crippen molar-refractivity contribution >= 4 is 23.8 Å². The highest BCUT2D eigenvalue weighted by Crippen LogP contribution is 2.60.